The lowest BCUT2D eigenvalue weighted by Crippen LogP contribution is -2.34. The molecule has 5 heteroatoms. The molecule has 1 fully saturated rings. The summed E-state index contributed by atoms with van der Waals surface area (Å²) < 4.78 is 13.0. The third-order valence-electron chi connectivity index (χ3n) is 3.57. The first-order valence-electron chi connectivity index (χ1n) is 6.90. The number of benzene rings is 1. The highest BCUT2D eigenvalue weighted by molar-refractivity contribution is 5.89. The van der Waals surface area contributed by atoms with Crippen molar-refractivity contribution >= 4 is 11.8 Å². The van der Waals surface area contributed by atoms with Crippen molar-refractivity contribution in [3.05, 3.63) is 35.6 Å². The summed E-state index contributed by atoms with van der Waals surface area (Å²) in [4.78, 5) is 25.2. The van der Waals surface area contributed by atoms with E-state index >= 15 is 0 Å². The topological polar surface area (TPSA) is 49.4 Å². The van der Waals surface area contributed by atoms with E-state index < -0.39 is 0 Å². The normalized spacial score (nSPS) is 18.4. The predicted molar refractivity (Wildman–Crippen MR) is 73.5 cm³/mol. The molecule has 0 radical (unpaired) electrons. The van der Waals surface area contributed by atoms with Crippen LogP contribution in [-0.4, -0.2) is 36.3 Å². The molecule has 1 aromatic carbocycles. The summed E-state index contributed by atoms with van der Waals surface area (Å²) in [7, 11) is 0. The van der Waals surface area contributed by atoms with Crippen molar-refractivity contribution in [2.75, 3.05) is 19.6 Å². The Morgan fingerprint density at radius 2 is 2.30 bits per heavy atom. The number of likely N-dealkylation sites (tertiary alicyclic amines) is 1. The van der Waals surface area contributed by atoms with Gasteiger partial charge in [-0.1, -0.05) is 12.1 Å². The van der Waals surface area contributed by atoms with E-state index in [4.69, 9.17) is 0 Å². The maximum absolute atomic E-state index is 13.0. The van der Waals surface area contributed by atoms with Crippen LogP contribution >= 0.6 is 0 Å². The Kier molecular flexibility index (Phi) is 4.71. The average Bonchev–Trinajstić information content (AvgIpc) is 2.80. The first-order valence-corrected chi connectivity index (χ1v) is 6.90. The minimum atomic E-state index is -0.270. The van der Waals surface area contributed by atoms with Gasteiger partial charge in [-0.15, -0.1) is 0 Å². The van der Waals surface area contributed by atoms with Gasteiger partial charge in [0.2, 0.25) is 11.8 Å². The summed E-state index contributed by atoms with van der Waals surface area (Å²) in [6.45, 7) is 3.51. The highest BCUT2D eigenvalue weighted by Gasteiger charge is 2.32. The van der Waals surface area contributed by atoms with Crippen molar-refractivity contribution in [2.45, 2.75) is 19.8 Å². The van der Waals surface area contributed by atoms with E-state index in [0.29, 0.717) is 32.5 Å². The minimum absolute atomic E-state index is 0.0396. The molecule has 1 N–H and O–H groups in total. The molecule has 0 aromatic heterocycles. The van der Waals surface area contributed by atoms with Crippen LogP contribution in [0.15, 0.2) is 24.3 Å². The molecular formula is C15H19FN2O2. The maximum atomic E-state index is 13.0. The number of carbonyl (C=O) groups excluding carboxylic acids is 2. The second-order valence-corrected chi connectivity index (χ2v) is 5.00. The SMILES string of the molecule is CCN1CC(C(=O)NCCc2cccc(F)c2)CC1=O. The second-order valence-electron chi connectivity index (χ2n) is 5.00. The predicted octanol–water partition coefficient (Wildman–Crippen LogP) is 1.35. The Hall–Kier alpha value is -1.91. The van der Waals surface area contributed by atoms with Crippen LogP contribution in [0, 0.1) is 11.7 Å². The molecule has 108 valence electrons. The van der Waals surface area contributed by atoms with Gasteiger partial charge in [0, 0.05) is 26.1 Å². The van der Waals surface area contributed by atoms with Crippen molar-refractivity contribution in [2.24, 2.45) is 5.92 Å². The zero-order valence-electron chi connectivity index (χ0n) is 11.6. The van der Waals surface area contributed by atoms with Gasteiger partial charge in [0.1, 0.15) is 5.82 Å². The smallest absolute Gasteiger partial charge is 0.225 e. The van der Waals surface area contributed by atoms with Crippen LogP contribution in [0.5, 0.6) is 0 Å². The van der Waals surface area contributed by atoms with Gasteiger partial charge in [0.05, 0.1) is 5.92 Å². The number of hydrogen-bond acceptors (Lipinski definition) is 2. The summed E-state index contributed by atoms with van der Waals surface area (Å²) in [5.74, 6) is -0.577. The molecule has 0 bridgehead atoms. The number of nitrogens with zero attached hydrogens (tertiary/aromatic N) is 1. The van der Waals surface area contributed by atoms with Gasteiger partial charge in [0.25, 0.3) is 0 Å². The van der Waals surface area contributed by atoms with Crippen LogP contribution in [-0.2, 0) is 16.0 Å². The van der Waals surface area contributed by atoms with Gasteiger partial charge in [-0.3, -0.25) is 9.59 Å². The molecule has 1 unspecified atom stereocenters. The first kappa shape index (κ1) is 14.5. The van der Waals surface area contributed by atoms with Crippen molar-refractivity contribution in [3.63, 3.8) is 0 Å². The van der Waals surface area contributed by atoms with Crippen LogP contribution in [0.4, 0.5) is 4.39 Å². The first-order chi connectivity index (χ1) is 9.60. The fourth-order valence-corrected chi connectivity index (χ4v) is 2.42. The Morgan fingerprint density at radius 3 is 2.95 bits per heavy atom. The van der Waals surface area contributed by atoms with E-state index in [1.807, 2.05) is 13.0 Å². The summed E-state index contributed by atoms with van der Waals surface area (Å²) in [6, 6.07) is 6.34. The maximum Gasteiger partial charge on any atom is 0.225 e. The molecule has 4 nitrogen and oxygen atoms in total. The zero-order chi connectivity index (χ0) is 14.5. The van der Waals surface area contributed by atoms with Crippen LogP contribution in [0.3, 0.4) is 0 Å². The molecule has 1 aromatic rings. The number of halogens is 1. The quantitative estimate of drug-likeness (QED) is 0.884. The summed E-state index contributed by atoms with van der Waals surface area (Å²) in [5.41, 5.74) is 0.850. The summed E-state index contributed by atoms with van der Waals surface area (Å²) >= 11 is 0. The summed E-state index contributed by atoms with van der Waals surface area (Å²) in [5, 5.41) is 2.82. The van der Waals surface area contributed by atoms with Crippen molar-refractivity contribution in [1.29, 1.82) is 0 Å². The number of carbonyl (C=O) groups is 2. The van der Waals surface area contributed by atoms with E-state index in [0.717, 1.165) is 5.56 Å². The zero-order valence-corrected chi connectivity index (χ0v) is 11.6. The molecule has 1 aliphatic heterocycles. The van der Waals surface area contributed by atoms with E-state index in [9.17, 15) is 14.0 Å². The van der Waals surface area contributed by atoms with E-state index in [1.54, 1.807) is 11.0 Å². The molecule has 1 saturated heterocycles. The third kappa shape index (κ3) is 3.56. The van der Waals surface area contributed by atoms with E-state index in [1.165, 1.54) is 12.1 Å². The Morgan fingerprint density at radius 1 is 1.50 bits per heavy atom. The van der Waals surface area contributed by atoms with Crippen molar-refractivity contribution < 1.29 is 14.0 Å². The second kappa shape index (κ2) is 6.50. The van der Waals surface area contributed by atoms with Crippen molar-refractivity contribution in [1.82, 2.24) is 10.2 Å². The van der Waals surface area contributed by atoms with Gasteiger partial charge in [0.15, 0.2) is 0 Å². The third-order valence-corrected chi connectivity index (χ3v) is 3.57. The fraction of sp³-hybridized carbons (Fsp3) is 0.467. The lowest BCUT2D eigenvalue weighted by molar-refractivity contribution is -0.128. The standard InChI is InChI=1S/C15H19FN2O2/c1-2-18-10-12(9-14(18)19)15(20)17-7-6-11-4-3-5-13(16)8-11/h3-5,8,12H,2,6-7,9-10H2,1H3,(H,17,20). The van der Waals surface area contributed by atoms with Gasteiger partial charge >= 0.3 is 0 Å². The lowest BCUT2D eigenvalue weighted by Gasteiger charge is -2.13. The molecule has 1 heterocycles. The number of nitrogens with one attached hydrogen (secondary N) is 1. The average molecular weight is 278 g/mol. The van der Waals surface area contributed by atoms with Gasteiger partial charge < -0.3 is 10.2 Å². The summed E-state index contributed by atoms with van der Waals surface area (Å²) in [6.07, 6.45) is 0.876. The highest BCUT2D eigenvalue weighted by Crippen LogP contribution is 2.17. The Labute approximate surface area is 118 Å². The van der Waals surface area contributed by atoms with Crippen molar-refractivity contribution in [3.8, 4) is 0 Å². The molecule has 1 aliphatic rings. The fourth-order valence-electron chi connectivity index (χ4n) is 2.42. The lowest BCUT2D eigenvalue weighted by atomic mass is 10.1. The Bertz CT molecular complexity index is 504. The van der Waals surface area contributed by atoms with Crippen LogP contribution in [0.2, 0.25) is 0 Å². The molecular weight excluding hydrogens is 259 g/mol. The number of rotatable bonds is 5. The molecule has 1 atom stereocenters. The van der Waals surface area contributed by atoms with Crippen LogP contribution in [0.25, 0.3) is 0 Å². The van der Waals surface area contributed by atoms with E-state index in [2.05, 4.69) is 5.32 Å². The highest BCUT2D eigenvalue weighted by atomic mass is 19.1. The molecule has 0 aliphatic carbocycles. The van der Waals surface area contributed by atoms with Gasteiger partial charge in [-0.2, -0.15) is 0 Å². The van der Waals surface area contributed by atoms with Crippen LogP contribution < -0.4 is 5.32 Å². The van der Waals surface area contributed by atoms with Gasteiger partial charge in [-0.05, 0) is 31.0 Å². The molecule has 20 heavy (non-hydrogen) atoms. The minimum Gasteiger partial charge on any atom is -0.355 e. The number of amides is 2. The molecule has 2 amide bonds. The number of hydrogen-bond donors (Lipinski definition) is 1. The molecule has 0 spiro atoms. The van der Waals surface area contributed by atoms with Crippen LogP contribution in [0.1, 0.15) is 18.9 Å². The van der Waals surface area contributed by atoms with Gasteiger partial charge in [-0.25, -0.2) is 4.39 Å². The largest absolute Gasteiger partial charge is 0.355 e. The Balaban J connectivity index is 1.77. The monoisotopic (exact) mass is 278 g/mol. The molecule has 0 saturated carbocycles. The molecule has 2 rings (SSSR count). The van der Waals surface area contributed by atoms with E-state index in [-0.39, 0.29) is 23.5 Å².